The maximum Gasteiger partial charge on any atom is 0.274 e. The zero-order valence-corrected chi connectivity index (χ0v) is 34.6. The fraction of sp³-hybridized carbons (Fsp3) is 0.489. The van der Waals surface area contributed by atoms with E-state index in [2.05, 4.69) is 32.9 Å². The molecular formula is C45H53FN8O6. The Kier molecular flexibility index (Phi) is 11.3. The number of carbonyl (C=O) groups is 5. The van der Waals surface area contributed by atoms with Crippen molar-refractivity contribution >= 4 is 51.8 Å². The Balaban J connectivity index is 0.821. The molecule has 2 aliphatic heterocycles. The minimum atomic E-state index is -1.26. The topological polar surface area (TPSA) is 179 Å². The van der Waals surface area contributed by atoms with Gasteiger partial charge >= 0.3 is 0 Å². The molecule has 60 heavy (non-hydrogen) atoms. The predicted octanol–water partition coefficient (Wildman–Crippen LogP) is 6.09. The van der Waals surface area contributed by atoms with Crippen molar-refractivity contribution < 1.29 is 33.5 Å². The van der Waals surface area contributed by atoms with Gasteiger partial charge in [-0.15, -0.1) is 0 Å². The maximum absolute atomic E-state index is 13.8. The molecule has 5 amide bonds. The molecule has 3 fully saturated rings. The molecule has 2 aliphatic carbocycles. The number of aromatic nitrogens is 3. The number of nitrogens with one attached hydrogen (secondary N) is 3. The Morgan fingerprint density at radius 2 is 1.68 bits per heavy atom. The third-order valence-corrected chi connectivity index (χ3v) is 13.0. The number of aryl methyl sites for hydroxylation is 1. The summed E-state index contributed by atoms with van der Waals surface area (Å²) >= 11 is 0. The summed E-state index contributed by atoms with van der Waals surface area (Å²) in [5.74, 6) is -1.98. The van der Waals surface area contributed by atoms with E-state index in [9.17, 15) is 33.5 Å². The molecule has 0 bridgehead atoms. The third-order valence-electron chi connectivity index (χ3n) is 13.0. The van der Waals surface area contributed by atoms with Crippen LogP contribution in [-0.2, 0) is 15.2 Å². The summed E-state index contributed by atoms with van der Waals surface area (Å²) < 4.78 is 15.8. The van der Waals surface area contributed by atoms with Gasteiger partial charge in [-0.3, -0.25) is 38.9 Å². The van der Waals surface area contributed by atoms with Crippen LogP contribution in [0.15, 0.2) is 48.7 Å². The van der Waals surface area contributed by atoms with Crippen LogP contribution in [0, 0.1) is 24.6 Å². The second kappa shape index (κ2) is 16.5. The van der Waals surface area contributed by atoms with Crippen molar-refractivity contribution in [3.05, 3.63) is 82.6 Å². The zero-order chi connectivity index (χ0) is 42.5. The first-order valence-electron chi connectivity index (χ1n) is 21.1. The van der Waals surface area contributed by atoms with Gasteiger partial charge in [-0.2, -0.15) is 5.10 Å². The van der Waals surface area contributed by atoms with E-state index in [4.69, 9.17) is 5.10 Å². The predicted molar refractivity (Wildman–Crippen MR) is 223 cm³/mol. The fourth-order valence-electron chi connectivity index (χ4n) is 9.60. The van der Waals surface area contributed by atoms with E-state index in [0.717, 1.165) is 73.7 Å². The van der Waals surface area contributed by atoms with Gasteiger partial charge < -0.3 is 20.6 Å². The number of nitrogens with zero attached hydrogens (tertiary/aromatic N) is 5. The lowest BCUT2D eigenvalue weighted by molar-refractivity contribution is -0.136. The standard InChI is InChI=1S/C45H53FN8O6/c1-25-33(46)16-17-35(48-25)41(56)49-37-20-28-24-53(51-36(28)21-32(37)45(2,3)60)30-14-10-27(11-15-30)23-52(4)29-12-8-26(9-13-29)22-47-34-7-5-6-31-40(34)44(59)54(43(31)58)38-18-19-39(55)50-42(38)57/h5-7,16-17,20-21,24,26-27,29-30,38,47,60H,8-15,18-19,22-23H2,1-4H3,(H,49,56)(H,50,55,57). The van der Waals surface area contributed by atoms with E-state index in [-0.39, 0.29) is 35.8 Å². The van der Waals surface area contributed by atoms with Gasteiger partial charge in [-0.1, -0.05) is 6.07 Å². The van der Waals surface area contributed by atoms with Crippen LogP contribution in [0.3, 0.4) is 0 Å². The number of amides is 5. The molecule has 2 aromatic heterocycles. The van der Waals surface area contributed by atoms with Gasteiger partial charge in [0.2, 0.25) is 11.8 Å². The molecule has 316 valence electrons. The summed E-state index contributed by atoms with van der Waals surface area (Å²) in [4.78, 5) is 71.7. The summed E-state index contributed by atoms with van der Waals surface area (Å²) in [6.45, 7) is 6.55. The summed E-state index contributed by atoms with van der Waals surface area (Å²) in [5, 5.41) is 25.4. The average molecular weight is 821 g/mol. The second-order valence-corrected chi connectivity index (χ2v) is 17.7. The summed E-state index contributed by atoms with van der Waals surface area (Å²) in [6, 6.07) is 11.2. The summed E-state index contributed by atoms with van der Waals surface area (Å²) in [7, 11) is 2.24. The molecule has 1 unspecified atom stereocenters. The second-order valence-electron chi connectivity index (χ2n) is 17.7. The number of rotatable bonds is 11. The molecule has 4 N–H and O–H groups in total. The monoisotopic (exact) mass is 820 g/mol. The van der Waals surface area contributed by atoms with Crippen LogP contribution in [-0.4, -0.2) is 91.4 Å². The molecule has 0 radical (unpaired) electrons. The number of anilines is 2. The van der Waals surface area contributed by atoms with Gasteiger partial charge in [-0.05, 0) is 134 Å². The third kappa shape index (κ3) is 8.29. The highest BCUT2D eigenvalue weighted by molar-refractivity contribution is 6.25. The highest BCUT2D eigenvalue weighted by atomic mass is 19.1. The fourth-order valence-corrected chi connectivity index (χ4v) is 9.60. The molecule has 0 spiro atoms. The van der Waals surface area contributed by atoms with Crippen LogP contribution in [0.1, 0.15) is 127 Å². The van der Waals surface area contributed by atoms with E-state index >= 15 is 0 Å². The first-order valence-corrected chi connectivity index (χ1v) is 21.1. The highest BCUT2D eigenvalue weighted by Crippen LogP contribution is 2.38. The number of piperidine rings is 1. The van der Waals surface area contributed by atoms with E-state index in [1.807, 2.05) is 29.1 Å². The smallest absolute Gasteiger partial charge is 0.274 e. The van der Waals surface area contributed by atoms with Crippen molar-refractivity contribution in [3.8, 4) is 0 Å². The number of benzene rings is 2. The number of aliphatic hydroxyl groups is 1. The van der Waals surface area contributed by atoms with Gasteiger partial charge in [0.15, 0.2) is 0 Å². The summed E-state index contributed by atoms with van der Waals surface area (Å²) in [6.07, 6.45) is 10.7. The van der Waals surface area contributed by atoms with Crippen molar-refractivity contribution in [2.75, 3.05) is 30.8 Å². The number of halogens is 1. The first kappa shape index (κ1) is 41.2. The summed E-state index contributed by atoms with van der Waals surface area (Å²) in [5.41, 5.74) is 1.85. The number of hydrogen-bond donors (Lipinski definition) is 4. The van der Waals surface area contributed by atoms with Crippen molar-refractivity contribution in [2.24, 2.45) is 11.8 Å². The number of pyridine rings is 1. The number of imide groups is 2. The lowest BCUT2D eigenvalue weighted by Gasteiger charge is -2.38. The normalized spacial score (nSPS) is 23.6. The van der Waals surface area contributed by atoms with Gasteiger partial charge in [-0.25, -0.2) is 9.37 Å². The van der Waals surface area contributed by atoms with Crippen LogP contribution in [0.4, 0.5) is 15.8 Å². The molecule has 4 heterocycles. The Labute approximate surface area is 348 Å². The minimum Gasteiger partial charge on any atom is -0.386 e. The highest BCUT2D eigenvalue weighted by Gasteiger charge is 2.45. The van der Waals surface area contributed by atoms with Gasteiger partial charge in [0, 0.05) is 54.1 Å². The molecule has 15 heteroatoms. The lowest BCUT2D eigenvalue weighted by atomic mass is 9.83. The van der Waals surface area contributed by atoms with Crippen molar-refractivity contribution in [1.82, 2.24) is 29.9 Å². The van der Waals surface area contributed by atoms with E-state index in [0.29, 0.717) is 46.9 Å². The van der Waals surface area contributed by atoms with Gasteiger partial charge in [0.1, 0.15) is 17.6 Å². The molecule has 2 aromatic carbocycles. The zero-order valence-electron chi connectivity index (χ0n) is 34.6. The Hall–Kier alpha value is -5.54. The number of carbonyl (C=O) groups excluding carboxylic acids is 5. The Morgan fingerprint density at radius 1 is 0.950 bits per heavy atom. The molecular weight excluding hydrogens is 768 g/mol. The van der Waals surface area contributed by atoms with E-state index in [1.165, 1.54) is 19.1 Å². The molecule has 2 saturated carbocycles. The van der Waals surface area contributed by atoms with Gasteiger partial charge in [0.25, 0.3) is 17.7 Å². The largest absolute Gasteiger partial charge is 0.386 e. The van der Waals surface area contributed by atoms with Crippen molar-refractivity contribution in [1.29, 1.82) is 0 Å². The molecule has 14 nitrogen and oxygen atoms in total. The van der Waals surface area contributed by atoms with E-state index < -0.39 is 47.0 Å². The van der Waals surface area contributed by atoms with Crippen LogP contribution in [0.2, 0.25) is 0 Å². The Bertz CT molecular complexity index is 2360. The molecule has 1 atom stereocenters. The molecule has 1 saturated heterocycles. The molecule has 8 rings (SSSR count). The van der Waals surface area contributed by atoms with Crippen LogP contribution >= 0.6 is 0 Å². The van der Waals surface area contributed by atoms with Crippen molar-refractivity contribution in [2.45, 2.75) is 109 Å². The molecule has 4 aromatic rings. The van der Waals surface area contributed by atoms with Gasteiger partial charge in [0.05, 0.1) is 34.0 Å². The number of fused-ring (bicyclic) bond motifs is 2. The van der Waals surface area contributed by atoms with Crippen LogP contribution < -0.4 is 16.0 Å². The van der Waals surface area contributed by atoms with Crippen molar-refractivity contribution in [3.63, 3.8) is 0 Å². The Morgan fingerprint density at radius 3 is 2.38 bits per heavy atom. The SMILES string of the molecule is Cc1nc(C(=O)Nc2cc3cn(C4CCC(CN(C)C5CCC(CNc6cccc7c6C(=O)N(C6CCC(=O)NC6=O)C7=O)CC5)CC4)nc3cc2C(C)(C)O)ccc1F. The minimum absolute atomic E-state index is 0.0818. The van der Waals surface area contributed by atoms with E-state index in [1.54, 1.807) is 26.0 Å². The maximum atomic E-state index is 13.8. The molecule has 4 aliphatic rings. The average Bonchev–Trinajstić information content (AvgIpc) is 3.75. The van der Waals surface area contributed by atoms with Crippen LogP contribution in [0.25, 0.3) is 10.9 Å². The first-order chi connectivity index (χ1) is 28.6. The quantitative estimate of drug-likeness (QED) is 0.129. The number of hydrogen-bond acceptors (Lipinski definition) is 10. The van der Waals surface area contributed by atoms with Crippen LogP contribution in [0.5, 0.6) is 0 Å². The lowest BCUT2D eigenvalue weighted by Crippen LogP contribution is -2.54.